The van der Waals surface area contributed by atoms with Crippen molar-refractivity contribution in [3.63, 3.8) is 0 Å². The summed E-state index contributed by atoms with van der Waals surface area (Å²) in [6.07, 6.45) is -1.41. The second-order valence-electron chi connectivity index (χ2n) is 7.09. The molecular formula is C19H22N2O7S2. The van der Waals surface area contributed by atoms with Gasteiger partial charge in [-0.3, -0.25) is 9.10 Å². The molecule has 0 aliphatic carbocycles. The number of phenolic OH excluding ortho intramolecular Hbond substituents is 1. The zero-order valence-electron chi connectivity index (χ0n) is 16.1. The fourth-order valence-corrected chi connectivity index (χ4v) is 6.83. The van der Waals surface area contributed by atoms with E-state index in [1.807, 2.05) is 0 Å². The predicted octanol–water partition coefficient (Wildman–Crippen LogP) is 0.381. The van der Waals surface area contributed by atoms with Crippen LogP contribution in [0.4, 0.5) is 5.69 Å². The Kier molecular flexibility index (Phi) is 6.06. The SMILES string of the molecule is CC(=O)NCc1ccc(S(=O)(=O)N(c2cccc(O)c2)[C@@H]2CS(=O)(=O)C[C@H]2O)cc1. The molecule has 9 nitrogen and oxygen atoms in total. The quantitative estimate of drug-likeness (QED) is 0.573. The topological polar surface area (TPSA) is 141 Å². The standard InChI is InChI=1S/C19H22N2O7S2/c1-13(22)20-10-14-5-7-17(8-6-14)30(27,28)21(15-3-2-4-16(23)9-15)18-11-29(25,26)12-19(18)24/h2-9,18-19,23-24H,10-12H2,1H3,(H,20,22)/t18-,19-/m1/s1. The van der Waals surface area contributed by atoms with Gasteiger partial charge in [-0.1, -0.05) is 18.2 Å². The molecule has 162 valence electrons. The Labute approximate surface area is 174 Å². The van der Waals surface area contributed by atoms with Crippen LogP contribution in [-0.2, 0) is 31.2 Å². The van der Waals surface area contributed by atoms with E-state index in [4.69, 9.17) is 0 Å². The highest BCUT2D eigenvalue weighted by Crippen LogP contribution is 2.32. The first kappa shape index (κ1) is 22.1. The van der Waals surface area contributed by atoms with Crippen LogP contribution >= 0.6 is 0 Å². The lowest BCUT2D eigenvalue weighted by Gasteiger charge is -2.31. The number of phenols is 1. The molecule has 0 saturated carbocycles. The van der Waals surface area contributed by atoms with Gasteiger partial charge in [-0.15, -0.1) is 0 Å². The number of carbonyl (C=O) groups excluding carboxylic acids is 1. The molecule has 1 aliphatic heterocycles. The highest BCUT2D eigenvalue weighted by Gasteiger charge is 2.45. The molecular weight excluding hydrogens is 432 g/mol. The van der Waals surface area contributed by atoms with Gasteiger partial charge in [0.05, 0.1) is 34.2 Å². The van der Waals surface area contributed by atoms with Gasteiger partial charge < -0.3 is 15.5 Å². The van der Waals surface area contributed by atoms with Crippen LogP contribution in [0, 0.1) is 0 Å². The maximum absolute atomic E-state index is 13.4. The van der Waals surface area contributed by atoms with Gasteiger partial charge in [0, 0.05) is 19.5 Å². The van der Waals surface area contributed by atoms with Crippen molar-refractivity contribution in [2.45, 2.75) is 30.5 Å². The monoisotopic (exact) mass is 454 g/mol. The molecule has 1 amide bonds. The van der Waals surface area contributed by atoms with E-state index in [0.29, 0.717) is 5.56 Å². The van der Waals surface area contributed by atoms with Gasteiger partial charge in [0.1, 0.15) is 5.75 Å². The van der Waals surface area contributed by atoms with E-state index in [0.717, 1.165) is 4.31 Å². The number of hydrogen-bond donors (Lipinski definition) is 3. The van der Waals surface area contributed by atoms with Crippen molar-refractivity contribution in [2.75, 3.05) is 15.8 Å². The van der Waals surface area contributed by atoms with Crippen molar-refractivity contribution < 1.29 is 31.8 Å². The van der Waals surface area contributed by atoms with Crippen molar-refractivity contribution in [1.82, 2.24) is 5.32 Å². The highest BCUT2D eigenvalue weighted by atomic mass is 32.2. The molecule has 2 aromatic carbocycles. The Morgan fingerprint density at radius 2 is 1.83 bits per heavy atom. The van der Waals surface area contributed by atoms with Gasteiger partial charge >= 0.3 is 0 Å². The minimum absolute atomic E-state index is 0.0403. The van der Waals surface area contributed by atoms with Crippen LogP contribution in [0.3, 0.4) is 0 Å². The number of carbonyl (C=O) groups is 1. The summed E-state index contributed by atoms with van der Waals surface area (Å²) in [5, 5.41) is 22.7. The number of nitrogens with one attached hydrogen (secondary N) is 1. The number of aromatic hydroxyl groups is 1. The van der Waals surface area contributed by atoms with Crippen LogP contribution in [0.15, 0.2) is 53.4 Å². The molecule has 1 aliphatic rings. The molecule has 11 heteroatoms. The number of aliphatic hydroxyl groups is 1. The number of benzene rings is 2. The van der Waals surface area contributed by atoms with Gasteiger partial charge in [0.25, 0.3) is 10.0 Å². The number of hydrogen-bond acceptors (Lipinski definition) is 7. The molecule has 2 atom stereocenters. The maximum Gasteiger partial charge on any atom is 0.264 e. The summed E-state index contributed by atoms with van der Waals surface area (Å²) in [5.74, 6) is -1.51. The minimum Gasteiger partial charge on any atom is -0.508 e. The Hall–Kier alpha value is -2.63. The van der Waals surface area contributed by atoms with Crippen molar-refractivity contribution >= 4 is 31.5 Å². The van der Waals surface area contributed by atoms with Crippen LogP contribution in [0.1, 0.15) is 12.5 Å². The summed E-state index contributed by atoms with van der Waals surface area (Å²) < 4.78 is 51.8. The van der Waals surface area contributed by atoms with E-state index >= 15 is 0 Å². The average Bonchev–Trinajstić information content (AvgIpc) is 2.92. The zero-order valence-corrected chi connectivity index (χ0v) is 17.7. The van der Waals surface area contributed by atoms with E-state index in [1.54, 1.807) is 0 Å². The number of amides is 1. The minimum atomic E-state index is -4.28. The number of rotatable bonds is 6. The van der Waals surface area contributed by atoms with Crippen LogP contribution < -0.4 is 9.62 Å². The van der Waals surface area contributed by atoms with Crippen LogP contribution in [-0.4, -0.2) is 56.6 Å². The van der Waals surface area contributed by atoms with Crippen LogP contribution in [0.5, 0.6) is 5.75 Å². The average molecular weight is 455 g/mol. The van der Waals surface area contributed by atoms with Gasteiger partial charge in [0.2, 0.25) is 5.91 Å². The van der Waals surface area contributed by atoms with E-state index < -0.39 is 43.5 Å². The zero-order chi connectivity index (χ0) is 22.1. The molecule has 30 heavy (non-hydrogen) atoms. The first-order valence-electron chi connectivity index (χ1n) is 9.05. The Morgan fingerprint density at radius 1 is 1.17 bits per heavy atom. The lowest BCUT2D eigenvalue weighted by Crippen LogP contribution is -2.47. The van der Waals surface area contributed by atoms with E-state index in [1.165, 1.54) is 55.5 Å². The molecule has 0 radical (unpaired) electrons. The molecule has 1 heterocycles. The lowest BCUT2D eigenvalue weighted by molar-refractivity contribution is -0.119. The number of sulfonamides is 1. The summed E-state index contributed by atoms with van der Waals surface area (Å²) in [6.45, 7) is 1.60. The van der Waals surface area contributed by atoms with Crippen molar-refractivity contribution in [1.29, 1.82) is 0 Å². The predicted molar refractivity (Wildman–Crippen MR) is 110 cm³/mol. The summed E-state index contributed by atoms with van der Waals surface area (Å²) in [5.41, 5.74) is 0.718. The summed E-state index contributed by atoms with van der Waals surface area (Å²) in [4.78, 5) is 10.9. The first-order chi connectivity index (χ1) is 14.0. The van der Waals surface area contributed by atoms with Crippen LogP contribution in [0.2, 0.25) is 0 Å². The summed E-state index contributed by atoms with van der Waals surface area (Å²) in [6, 6.07) is 9.92. The molecule has 1 saturated heterocycles. The largest absolute Gasteiger partial charge is 0.508 e. The van der Waals surface area contributed by atoms with Crippen molar-refractivity contribution in [3.8, 4) is 5.75 Å². The van der Waals surface area contributed by atoms with Crippen LogP contribution in [0.25, 0.3) is 0 Å². The number of anilines is 1. The van der Waals surface area contributed by atoms with E-state index in [2.05, 4.69) is 5.32 Å². The summed E-state index contributed by atoms with van der Waals surface area (Å²) in [7, 11) is -7.91. The fraction of sp³-hybridized carbons (Fsp3) is 0.316. The second kappa shape index (κ2) is 8.25. The Bertz CT molecular complexity index is 1150. The van der Waals surface area contributed by atoms with Gasteiger partial charge in [-0.05, 0) is 29.8 Å². The third-order valence-electron chi connectivity index (χ3n) is 4.70. The molecule has 1 fully saturated rings. The molecule has 0 aromatic heterocycles. The third-order valence-corrected chi connectivity index (χ3v) is 8.27. The Balaban J connectivity index is 2.03. The van der Waals surface area contributed by atoms with Crippen molar-refractivity contribution in [3.05, 3.63) is 54.1 Å². The number of sulfone groups is 1. The number of aliphatic hydroxyl groups excluding tert-OH is 1. The van der Waals surface area contributed by atoms with Crippen molar-refractivity contribution in [2.24, 2.45) is 0 Å². The smallest absolute Gasteiger partial charge is 0.264 e. The molecule has 0 spiro atoms. The molecule has 0 bridgehead atoms. The summed E-state index contributed by atoms with van der Waals surface area (Å²) >= 11 is 0. The Morgan fingerprint density at radius 3 is 2.37 bits per heavy atom. The second-order valence-corrected chi connectivity index (χ2v) is 11.1. The normalized spacial score (nSPS) is 20.6. The molecule has 0 unspecified atom stereocenters. The molecule has 3 N–H and O–H groups in total. The maximum atomic E-state index is 13.4. The van der Waals surface area contributed by atoms with E-state index in [9.17, 15) is 31.8 Å². The van der Waals surface area contributed by atoms with E-state index in [-0.39, 0.29) is 28.8 Å². The fourth-order valence-electron chi connectivity index (χ4n) is 3.29. The lowest BCUT2D eigenvalue weighted by atomic mass is 10.2. The molecule has 3 rings (SSSR count). The van der Waals surface area contributed by atoms with Gasteiger partial charge in [0.15, 0.2) is 9.84 Å². The van der Waals surface area contributed by atoms with Gasteiger partial charge in [-0.2, -0.15) is 0 Å². The first-order valence-corrected chi connectivity index (χ1v) is 12.3. The third kappa shape index (κ3) is 4.74. The van der Waals surface area contributed by atoms with Gasteiger partial charge in [-0.25, -0.2) is 16.8 Å². The number of nitrogens with zero attached hydrogens (tertiary/aromatic N) is 1. The highest BCUT2D eigenvalue weighted by molar-refractivity contribution is 7.93. The molecule has 2 aromatic rings.